The van der Waals surface area contributed by atoms with Gasteiger partial charge in [0.1, 0.15) is 5.82 Å². The maximum Gasteiger partial charge on any atom is 0.416 e. The molecule has 1 aromatic carbocycles. The van der Waals surface area contributed by atoms with Gasteiger partial charge in [-0.05, 0) is 18.1 Å². The highest BCUT2D eigenvalue weighted by Gasteiger charge is 2.34. The van der Waals surface area contributed by atoms with Gasteiger partial charge in [0.15, 0.2) is 0 Å². The van der Waals surface area contributed by atoms with Gasteiger partial charge in [0.25, 0.3) is 0 Å². The number of aryl methyl sites for hydroxylation is 1. The lowest BCUT2D eigenvalue weighted by Gasteiger charge is -2.18. The molecule has 21 heavy (non-hydrogen) atoms. The Hall–Kier alpha value is -1.82. The number of rotatable bonds is 5. The third-order valence-corrected chi connectivity index (χ3v) is 3.33. The van der Waals surface area contributed by atoms with Gasteiger partial charge in [-0.25, -0.2) is 4.98 Å². The molecule has 0 spiro atoms. The van der Waals surface area contributed by atoms with Crippen LogP contribution in [0.2, 0.25) is 0 Å². The summed E-state index contributed by atoms with van der Waals surface area (Å²) in [7, 11) is 0. The van der Waals surface area contributed by atoms with E-state index >= 15 is 0 Å². The molecule has 1 heterocycles. The van der Waals surface area contributed by atoms with Crippen molar-refractivity contribution >= 4 is 0 Å². The van der Waals surface area contributed by atoms with E-state index in [-0.39, 0.29) is 12.0 Å². The monoisotopic (exact) mass is 297 g/mol. The summed E-state index contributed by atoms with van der Waals surface area (Å²) in [5.74, 6) is 0.710. The molecular weight excluding hydrogens is 279 g/mol. The molecule has 114 valence electrons. The molecule has 1 aromatic heterocycles. The summed E-state index contributed by atoms with van der Waals surface area (Å²) in [6.07, 6.45) is 0.277. The molecule has 2 rings (SSSR count). The van der Waals surface area contributed by atoms with E-state index in [2.05, 4.69) is 4.98 Å². The number of halogens is 3. The van der Waals surface area contributed by atoms with Crippen LogP contribution in [0.15, 0.2) is 36.7 Å². The van der Waals surface area contributed by atoms with Crippen LogP contribution in [0.4, 0.5) is 13.2 Å². The van der Waals surface area contributed by atoms with Gasteiger partial charge in [-0.3, -0.25) is 0 Å². The number of imidazole rings is 1. The second-order valence-corrected chi connectivity index (χ2v) is 4.93. The molecule has 3 nitrogen and oxygen atoms in total. The van der Waals surface area contributed by atoms with Crippen molar-refractivity contribution in [1.82, 2.24) is 9.55 Å². The number of aromatic nitrogens is 2. The smallest absolute Gasteiger partial charge is 0.335 e. The Balaban J connectivity index is 2.25. The number of hydrogen-bond donors (Lipinski definition) is 1. The minimum atomic E-state index is -4.40. The zero-order valence-corrected chi connectivity index (χ0v) is 11.8. The second kappa shape index (κ2) is 6.30. The van der Waals surface area contributed by atoms with E-state index in [1.807, 2.05) is 17.7 Å². The predicted molar refractivity (Wildman–Crippen MR) is 74.6 cm³/mol. The van der Waals surface area contributed by atoms with Gasteiger partial charge in [-0.1, -0.05) is 25.1 Å². The van der Waals surface area contributed by atoms with Crippen molar-refractivity contribution in [3.05, 3.63) is 53.6 Å². The van der Waals surface area contributed by atoms with Crippen molar-refractivity contribution in [3.63, 3.8) is 0 Å². The van der Waals surface area contributed by atoms with Gasteiger partial charge in [-0.2, -0.15) is 13.2 Å². The van der Waals surface area contributed by atoms with E-state index in [9.17, 15) is 13.2 Å². The van der Waals surface area contributed by atoms with Crippen LogP contribution in [0.1, 0.15) is 36.3 Å². The third-order valence-electron chi connectivity index (χ3n) is 3.33. The zero-order valence-electron chi connectivity index (χ0n) is 11.8. The van der Waals surface area contributed by atoms with E-state index in [0.29, 0.717) is 5.82 Å². The van der Waals surface area contributed by atoms with Crippen LogP contribution >= 0.6 is 0 Å². The molecule has 2 N–H and O–H groups in total. The Morgan fingerprint density at radius 2 is 2.00 bits per heavy atom. The van der Waals surface area contributed by atoms with Gasteiger partial charge in [0.2, 0.25) is 0 Å². The quantitative estimate of drug-likeness (QED) is 0.917. The molecule has 0 saturated carbocycles. The first-order valence-corrected chi connectivity index (χ1v) is 6.85. The molecule has 0 aliphatic rings. The largest absolute Gasteiger partial charge is 0.416 e. The van der Waals surface area contributed by atoms with Crippen molar-refractivity contribution in [3.8, 4) is 0 Å². The van der Waals surface area contributed by atoms with Crippen LogP contribution in [0.5, 0.6) is 0 Å². The highest BCUT2D eigenvalue weighted by molar-refractivity contribution is 5.32. The summed E-state index contributed by atoms with van der Waals surface area (Å²) in [6, 6.07) is 4.70. The second-order valence-electron chi connectivity index (χ2n) is 4.93. The van der Waals surface area contributed by atoms with Gasteiger partial charge in [0, 0.05) is 31.4 Å². The number of hydrogen-bond acceptors (Lipinski definition) is 2. The fourth-order valence-corrected chi connectivity index (χ4v) is 2.36. The number of benzene rings is 1. The lowest BCUT2D eigenvalue weighted by Crippen LogP contribution is -2.21. The average molecular weight is 297 g/mol. The Labute approximate surface area is 121 Å². The lowest BCUT2D eigenvalue weighted by molar-refractivity contribution is -0.138. The van der Waals surface area contributed by atoms with E-state index < -0.39 is 17.8 Å². The van der Waals surface area contributed by atoms with E-state index in [4.69, 9.17) is 5.73 Å². The summed E-state index contributed by atoms with van der Waals surface area (Å²) in [5, 5.41) is 0. The SMILES string of the molecule is CCCn1ccnc1CC(N)c1ccccc1C(F)(F)F. The summed E-state index contributed by atoms with van der Waals surface area (Å²) >= 11 is 0. The third kappa shape index (κ3) is 3.64. The topological polar surface area (TPSA) is 43.8 Å². The molecular formula is C15H18F3N3. The van der Waals surface area contributed by atoms with Gasteiger partial charge in [0.05, 0.1) is 5.56 Å². The van der Waals surface area contributed by atoms with Crippen LogP contribution < -0.4 is 5.73 Å². The molecule has 0 saturated heterocycles. The van der Waals surface area contributed by atoms with Gasteiger partial charge >= 0.3 is 6.18 Å². The van der Waals surface area contributed by atoms with Crippen LogP contribution in [0.3, 0.4) is 0 Å². The molecule has 1 atom stereocenters. The Kier molecular flexibility index (Phi) is 4.67. The van der Waals surface area contributed by atoms with Gasteiger partial charge in [-0.15, -0.1) is 0 Å². The van der Waals surface area contributed by atoms with Crippen LogP contribution in [0, 0.1) is 0 Å². The fraction of sp³-hybridized carbons (Fsp3) is 0.400. The fourth-order valence-electron chi connectivity index (χ4n) is 2.36. The lowest BCUT2D eigenvalue weighted by atomic mass is 9.98. The molecule has 0 aliphatic heterocycles. The molecule has 2 aromatic rings. The highest BCUT2D eigenvalue weighted by Crippen LogP contribution is 2.34. The maximum atomic E-state index is 13.0. The first-order chi connectivity index (χ1) is 9.93. The summed E-state index contributed by atoms with van der Waals surface area (Å²) in [4.78, 5) is 4.19. The first-order valence-electron chi connectivity index (χ1n) is 6.85. The summed E-state index contributed by atoms with van der Waals surface area (Å²) < 4.78 is 41.0. The van der Waals surface area contributed by atoms with Crippen LogP contribution in [0.25, 0.3) is 0 Å². The number of nitrogens with two attached hydrogens (primary N) is 1. The standard InChI is InChI=1S/C15H18F3N3/c1-2-8-21-9-7-20-14(21)10-13(19)11-5-3-4-6-12(11)15(16,17)18/h3-7,9,13H,2,8,10,19H2,1H3. The molecule has 0 bridgehead atoms. The van der Waals surface area contributed by atoms with Crippen molar-refractivity contribution in [2.75, 3.05) is 0 Å². The van der Waals surface area contributed by atoms with Crippen molar-refractivity contribution in [2.45, 2.75) is 38.5 Å². The van der Waals surface area contributed by atoms with Crippen LogP contribution in [-0.4, -0.2) is 9.55 Å². The van der Waals surface area contributed by atoms with E-state index in [0.717, 1.165) is 19.0 Å². The van der Waals surface area contributed by atoms with Gasteiger partial charge < -0.3 is 10.3 Å². The predicted octanol–water partition coefficient (Wildman–Crippen LogP) is 3.55. The molecule has 0 radical (unpaired) electrons. The number of alkyl halides is 3. The maximum absolute atomic E-state index is 13.0. The summed E-state index contributed by atoms with van der Waals surface area (Å²) in [6.45, 7) is 2.81. The van der Waals surface area contributed by atoms with E-state index in [1.54, 1.807) is 12.3 Å². The van der Waals surface area contributed by atoms with Crippen molar-refractivity contribution < 1.29 is 13.2 Å². The normalized spacial score (nSPS) is 13.4. The van der Waals surface area contributed by atoms with Crippen molar-refractivity contribution in [2.24, 2.45) is 5.73 Å². The Bertz CT molecular complexity index is 590. The summed E-state index contributed by atoms with van der Waals surface area (Å²) in [5.41, 5.74) is 5.43. The zero-order chi connectivity index (χ0) is 15.5. The minimum Gasteiger partial charge on any atom is -0.335 e. The molecule has 0 aliphatic carbocycles. The molecule has 6 heteroatoms. The molecule has 0 fully saturated rings. The molecule has 1 unspecified atom stereocenters. The Morgan fingerprint density at radius 3 is 2.67 bits per heavy atom. The molecule has 0 amide bonds. The van der Waals surface area contributed by atoms with Crippen molar-refractivity contribution in [1.29, 1.82) is 0 Å². The minimum absolute atomic E-state index is 0.107. The Morgan fingerprint density at radius 1 is 1.29 bits per heavy atom. The average Bonchev–Trinajstić information content (AvgIpc) is 2.85. The number of nitrogens with zero attached hydrogens (tertiary/aromatic N) is 2. The first kappa shape index (κ1) is 15.6. The van der Waals surface area contributed by atoms with Crippen LogP contribution in [-0.2, 0) is 19.1 Å². The van der Waals surface area contributed by atoms with E-state index in [1.165, 1.54) is 12.1 Å². The highest BCUT2D eigenvalue weighted by atomic mass is 19.4.